The molecular formula is C24H34O4. The molecule has 0 aromatic heterocycles. The van der Waals surface area contributed by atoms with Crippen molar-refractivity contribution in [1.29, 1.82) is 0 Å². The van der Waals surface area contributed by atoms with Crippen LogP contribution in [0.25, 0.3) is 0 Å². The maximum Gasteiger partial charge on any atom is 0.134 e. The van der Waals surface area contributed by atoms with Crippen molar-refractivity contribution in [1.82, 2.24) is 0 Å². The first-order valence-corrected chi connectivity index (χ1v) is 11.4. The minimum absolute atomic E-state index is 0.113. The molecule has 6 fully saturated rings. The van der Waals surface area contributed by atoms with Gasteiger partial charge in [-0.1, -0.05) is 25.7 Å². The lowest BCUT2D eigenvalue weighted by Gasteiger charge is -2.64. The van der Waals surface area contributed by atoms with E-state index < -0.39 is 11.2 Å². The summed E-state index contributed by atoms with van der Waals surface area (Å²) >= 11 is 0. The van der Waals surface area contributed by atoms with Gasteiger partial charge >= 0.3 is 0 Å². The molecule has 0 heterocycles. The highest BCUT2D eigenvalue weighted by molar-refractivity contribution is 5.36. The number of hydrogen-bond acceptors (Lipinski definition) is 4. The van der Waals surface area contributed by atoms with E-state index in [1.165, 1.54) is 0 Å². The van der Waals surface area contributed by atoms with Gasteiger partial charge in [0.25, 0.3) is 0 Å². The first-order valence-electron chi connectivity index (χ1n) is 11.4. The summed E-state index contributed by atoms with van der Waals surface area (Å²) in [6.45, 7) is 4.38. The maximum atomic E-state index is 11.8. The van der Waals surface area contributed by atoms with Crippen LogP contribution in [-0.2, 0) is 0 Å². The quantitative estimate of drug-likeness (QED) is 0.480. The topological polar surface area (TPSA) is 80.9 Å². The molecule has 6 saturated carbocycles. The molecular weight excluding hydrogens is 352 g/mol. The number of fused-ring (bicyclic) bond motifs is 10. The minimum Gasteiger partial charge on any atom is -0.393 e. The van der Waals surface area contributed by atoms with Crippen LogP contribution in [0.3, 0.4) is 0 Å². The van der Waals surface area contributed by atoms with Gasteiger partial charge in [-0.05, 0) is 79.4 Å². The van der Waals surface area contributed by atoms with Gasteiger partial charge in [0.15, 0.2) is 0 Å². The molecule has 154 valence electrons. The van der Waals surface area contributed by atoms with Crippen molar-refractivity contribution < 1.29 is 20.4 Å². The molecule has 0 aromatic rings. The van der Waals surface area contributed by atoms with E-state index in [4.69, 9.17) is 0 Å². The van der Waals surface area contributed by atoms with Crippen LogP contribution in [0.2, 0.25) is 0 Å². The molecule has 0 amide bonds. The molecule has 0 saturated heterocycles. The molecule has 6 aliphatic rings. The van der Waals surface area contributed by atoms with Crippen molar-refractivity contribution in [2.75, 3.05) is 6.61 Å². The van der Waals surface area contributed by atoms with E-state index in [0.29, 0.717) is 41.9 Å². The van der Waals surface area contributed by atoms with Gasteiger partial charge in [-0.2, -0.15) is 0 Å². The van der Waals surface area contributed by atoms with E-state index in [9.17, 15) is 20.4 Å². The Labute approximate surface area is 167 Å². The van der Waals surface area contributed by atoms with Crippen LogP contribution in [0.4, 0.5) is 0 Å². The highest BCUT2D eigenvalue weighted by atomic mass is 16.3. The van der Waals surface area contributed by atoms with Gasteiger partial charge in [0.05, 0.1) is 11.7 Å². The van der Waals surface area contributed by atoms with E-state index in [0.717, 1.165) is 38.5 Å². The smallest absolute Gasteiger partial charge is 0.134 e. The van der Waals surface area contributed by atoms with Crippen molar-refractivity contribution in [3.8, 4) is 11.8 Å². The molecule has 4 nitrogen and oxygen atoms in total. The highest BCUT2D eigenvalue weighted by Crippen LogP contribution is 2.81. The molecule has 0 aliphatic heterocycles. The Morgan fingerprint density at radius 2 is 1.64 bits per heavy atom. The molecule has 6 rings (SSSR count). The van der Waals surface area contributed by atoms with E-state index in [1.54, 1.807) is 0 Å². The highest BCUT2D eigenvalue weighted by Gasteiger charge is 2.81. The van der Waals surface area contributed by atoms with E-state index in [-0.39, 0.29) is 29.5 Å². The SMILES string of the molecule is C[C@]12CCC3C(C1[C@@H]1C[C@@H]1[C@@]2(O)C#CCO)[C@H]1C[C@H]1C1(O)C[C@@H](O)CC[C@]31C. The third-order valence-electron chi connectivity index (χ3n) is 11.0. The van der Waals surface area contributed by atoms with E-state index in [2.05, 4.69) is 25.7 Å². The molecule has 0 bridgehead atoms. The molecule has 6 aliphatic carbocycles. The second-order valence-corrected chi connectivity index (χ2v) is 11.6. The summed E-state index contributed by atoms with van der Waals surface area (Å²) in [5, 5.41) is 43.1. The molecule has 12 atom stereocenters. The summed E-state index contributed by atoms with van der Waals surface area (Å²) in [5.41, 5.74) is -1.98. The Bertz CT molecular complexity index is 785. The van der Waals surface area contributed by atoms with Gasteiger partial charge in [0, 0.05) is 17.8 Å². The van der Waals surface area contributed by atoms with Gasteiger partial charge in [-0.15, -0.1) is 0 Å². The van der Waals surface area contributed by atoms with Crippen LogP contribution < -0.4 is 0 Å². The Morgan fingerprint density at radius 1 is 0.929 bits per heavy atom. The number of hydrogen-bond donors (Lipinski definition) is 4. The van der Waals surface area contributed by atoms with Crippen molar-refractivity contribution in [2.45, 2.75) is 76.1 Å². The summed E-state index contributed by atoms with van der Waals surface area (Å²) in [5.74, 6) is 9.14. The Kier molecular flexibility index (Phi) is 3.36. The van der Waals surface area contributed by atoms with E-state index in [1.807, 2.05) is 0 Å². The van der Waals surface area contributed by atoms with Crippen LogP contribution in [-0.4, -0.2) is 44.3 Å². The van der Waals surface area contributed by atoms with Gasteiger partial charge in [0.1, 0.15) is 12.2 Å². The Hall–Kier alpha value is -0.600. The first kappa shape index (κ1) is 18.2. The Balaban J connectivity index is 1.42. The number of aliphatic hydroxyl groups excluding tert-OH is 2. The monoisotopic (exact) mass is 386 g/mol. The average molecular weight is 387 g/mol. The Morgan fingerprint density at radius 3 is 2.39 bits per heavy atom. The minimum atomic E-state index is -0.960. The van der Waals surface area contributed by atoms with Crippen molar-refractivity contribution in [3.05, 3.63) is 0 Å². The molecule has 28 heavy (non-hydrogen) atoms. The van der Waals surface area contributed by atoms with Gasteiger partial charge in [-0.3, -0.25) is 0 Å². The van der Waals surface area contributed by atoms with Crippen molar-refractivity contribution in [2.24, 2.45) is 52.3 Å². The summed E-state index contributed by atoms with van der Waals surface area (Å²) in [4.78, 5) is 0. The zero-order valence-corrected chi connectivity index (χ0v) is 17.1. The maximum absolute atomic E-state index is 11.8. The van der Waals surface area contributed by atoms with Crippen LogP contribution in [0, 0.1) is 64.1 Å². The van der Waals surface area contributed by atoms with E-state index >= 15 is 0 Å². The van der Waals surface area contributed by atoms with Gasteiger partial charge in [-0.25, -0.2) is 0 Å². The fourth-order valence-electron chi connectivity index (χ4n) is 9.57. The average Bonchev–Trinajstić information content (AvgIpc) is 3.54. The number of aliphatic hydroxyl groups is 4. The van der Waals surface area contributed by atoms with Crippen LogP contribution in [0.5, 0.6) is 0 Å². The predicted molar refractivity (Wildman–Crippen MR) is 104 cm³/mol. The third-order valence-corrected chi connectivity index (χ3v) is 11.0. The summed E-state index contributed by atoms with van der Waals surface area (Å²) < 4.78 is 0. The third kappa shape index (κ3) is 1.81. The second kappa shape index (κ2) is 5.17. The summed E-state index contributed by atoms with van der Waals surface area (Å²) in [6, 6.07) is 0. The lowest BCUT2D eigenvalue weighted by atomic mass is 9.42. The molecule has 4 heteroatoms. The molecule has 0 spiro atoms. The van der Waals surface area contributed by atoms with Gasteiger partial charge < -0.3 is 20.4 Å². The van der Waals surface area contributed by atoms with Crippen molar-refractivity contribution >= 4 is 0 Å². The number of rotatable bonds is 0. The molecule has 0 radical (unpaired) electrons. The van der Waals surface area contributed by atoms with Crippen LogP contribution >= 0.6 is 0 Å². The lowest BCUT2D eigenvalue weighted by Crippen LogP contribution is -2.65. The summed E-state index contributed by atoms with van der Waals surface area (Å²) in [6.07, 6.45) is 6.06. The zero-order valence-electron chi connectivity index (χ0n) is 17.1. The van der Waals surface area contributed by atoms with Crippen LogP contribution in [0.15, 0.2) is 0 Å². The normalized spacial score (nSPS) is 65.6. The largest absolute Gasteiger partial charge is 0.393 e. The fourth-order valence-corrected chi connectivity index (χ4v) is 9.57. The zero-order chi connectivity index (χ0) is 19.7. The summed E-state index contributed by atoms with van der Waals surface area (Å²) in [7, 11) is 0. The molecule has 4 N–H and O–H groups in total. The molecule has 0 aromatic carbocycles. The standard InChI is InChI=1S/C24H34O4/c1-21-7-4-13(26)12-24(21,28)17-10-14(17)19-16(21)5-8-22(2)20(19)15-11-18(15)23(22,27)6-3-9-25/h13-20,25-28H,4-5,7-12H2,1-2H3/t13-,14-,15+,16?,17+,18-,19?,20?,21+,22-,23-,24?/m0/s1. The molecule has 4 unspecified atom stereocenters. The first-order chi connectivity index (χ1) is 13.2. The van der Waals surface area contributed by atoms with Crippen LogP contribution in [0.1, 0.15) is 58.8 Å². The predicted octanol–water partition coefficient (Wildman–Crippen LogP) is 1.94. The van der Waals surface area contributed by atoms with Crippen molar-refractivity contribution in [3.63, 3.8) is 0 Å². The lowest BCUT2D eigenvalue weighted by molar-refractivity contribution is -0.233. The fraction of sp³-hybridized carbons (Fsp3) is 0.917. The second-order valence-electron chi connectivity index (χ2n) is 11.6. The van der Waals surface area contributed by atoms with Gasteiger partial charge in [0.2, 0.25) is 0 Å².